The van der Waals surface area contributed by atoms with Gasteiger partial charge in [-0.05, 0) is 56.3 Å². The summed E-state index contributed by atoms with van der Waals surface area (Å²) in [6, 6.07) is 1.69. The molecule has 4 rings (SSSR count). The molecule has 3 aliphatic rings. The second-order valence-corrected chi connectivity index (χ2v) is 8.30. The molecule has 3 saturated carbocycles. The SMILES string of the molecule is Cc1sc(C(=O)N[C@@H]2C[C@H]3C[C@H]2[C@H]2CCC[C@H]32)cc1[N+](=O)[O-]. The zero-order valence-corrected chi connectivity index (χ0v) is 13.4. The van der Waals surface area contributed by atoms with Gasteiger partial charge < -0.3 is 5.32 Å². The maximum Gasteiger partial charge on any atom is 0.283 e. The number of amides is 1. The van der Waals surface area contributed by atoms with Gasteiger partial charge in [-0.2, -0.15) is 0 Å². The highest BCUT2D eigenvalue weighted by molar-refractivity contribution is 7.14. The lowest BCUT2D eigenvalue weighted by Gasteiger charge is -2.31. The van der Waals surface area contributed by atoms with Gasteiger partial charge in [0.25, 0.3) is 11.6 Å². The molecule has 3 aliphatic carbocycles. The average molecular weight is 320 g/mol. The van der Waals surface area contributed by atoms with Crippen LogP contribution in [0.25, 0.3) is 0 Å². The minimum Gasteiger partial charge on any atom is -0.348 e. The van der Waals surface area contributed by atoms with Crippen LogP contribution in [-0.2, 0) is 0 Å². The molecule has 0 unspecified atom stereocenters. The van der Waals surface area contributed by atoms with Crippen molar-refractivity contribution in [3.05, 3.63) is 25.9 Å². The normalized spacial score (nSPS) is 35.6. The molecule has 2 bridgehead atoms. The lowest BCUT2D eigenvalue weighted by atomic mass is 9.79. The first kappa shape index (κ1) is 14.2. The molecule has 1 N–H and O–H groups in total. The monoisotopic (exact) mass is 320 g/mol. The van der Waals surface area contributed by atoms with Crippen LogP contribution in [-0.4, -0.2) is 16.9 Å². The summed E-state index contributed by atoms with van der Waals surface area (Å²) in [6.45, 7) is 1.69. The zero-order valence-electron chi connectivity index (χ0n) is 12.6. The fourth-order valence-electron chi connectivity index (χ4n) is 5.24. The van der Waals surface area contributed by atoms with E-state index in [0.29, 0.717) is 15.7 Å². The lowest BCUT2D eigenvalue weighted by molar-refractivity contribution is -0.385. The van der Waals surface area contributed by atoms with Gasteiger partial charge in [-0.15, -0.1) is 11.3 Å². The number of nitro groups is 1. The van der Waals surface area contributed by atoms with E-state index in [9.17, 15) is 14.9 Å². The van der Waals surface area contributed by atoms with Gasteiger partial charge in [0, 0.05) is 12.1 Å². The van der Waals surface area contributed by atoms with Crippen molar-refractivity contribution >= 4 is 22.9 Å². The molecular weight excluding hydrogens is 300 g/mol. The maximum atomic E-state index is 12.4. The third kappa shape index (κ3) is 2.07. The number of aryl methyl sites for hydroxylation is 1. The van der Waals surface area contributed by atoms with Crippen molar-refractivity contribution in [3.63, 3.8) is 0 Å². The number of hydrogen-bond donors (Lipinski definition) is 1. The molecule has 1 amide bonds. The molecule has 5 nitrogen and oxygen atoms in total. The van der Waals surface area contributed by atoms with Crippen LogP contribution in [0.3, 0.4) is 0 Å². The van der Waals surface area contributed by atoms with Crippen LogP contribution < -0.4 is 5.32 Å². The Balaban J connectivity index is 1.47. The Morgan fingerprint density at radius 2 is 2.09 bits per heavy atom. The third-order valence-corrected chi connectivity index (χ3v) is 7.10. The van der Waals surface area contributed by atoms with E-state index in [4.69, 9.17) is 0 Å². The Labute approximate surface area is 133 Å². The van der Waals surface area contributed by atoms with Crippen molar-refractivity contribution in [2.24, 2.45) is 23.7 Å². The van der Waals surface area contributed by atoms with Crippen molar-refractivity contribution < 1.29 is 9.72 Å². The Bertz CT molecular complexity index is 641. The van der Waals surface area contributed by atoms with E-state index in [2.05, 4.69) is 5.32 Å². The minimum absolute atomic E-state index is 0.0546. The van der Waals surface area contributed by atoms with E-state index in [-0.39, 0.29) is 17.6 Å². The standard InChI is InChI=1S/C16H20N2O3S/c1-8-14(18(20)21)7-15(22-8)16(19)17-13-6-9-5-12(13)11-4-2-3-10(9)11/h7,9-13H,2-6H2,1H3,(H,17,19)/t9-,10-,11+,12+,13-/m1/s1. The van der Waals surface area contributed by atoms with E-state index < -0.39 is 4.92 Å². The smallest absolute Gasteiger partial charge is 0.283 e. The summed E-state index contributed by atoms with van der Waals surface area (Å²) in [6.07, 6.45) is 6.41. The molecule has 6 heteroatoms. The van der Waals surface area contributed by atoms with Crippen LogP contribution in [0.2, 0.25) is 0 Å². The number of hydrogen-bond acceptors (Lipinski definition) is 4. The average Bonchev–Trinajstić information content (AvgIpc) is 3.17. The summed E-state index contributed by atoms with van der Waals surface area (Å²) >= 11 is 1.22. The Hall–Kier alpha value is -1.43. The number of nitrogens with one attached hydrogen (secondary N) is 1. The van der Waals surface area contributed by atoms with Gasteiger partial charge in [0.05, 0.1) is 14.7 Å². The molecule has 0 radical (unpaired) electrons. The van der Waals surface area contributed by atoms with E-state index in [0.717, 1.165) is 24.2 Å². The second kappa shape index (κ2) is 5.05. The van der Waals surface area contributed by atoms with Gasteiger partial charge in [0.2, 0.25) is 0 Å². The summed E-state index contributed by atoms with van der Waals surface area (Å²) < 4.78 is 0. The molecule has 22 heavy (non-hydrogen) atoms. The number of rotatable bonds is 3. The molecule has 118 valence electrons. The third-order valence-electron chi connectivity index (χ3n) is 6.06. The van der Waals surface area contributed by atoms with Crippen LogP contribution in [0.1, 0.15) is 46.7 Å². The van der Waals surface area contributed by atoms with Crippen LogP contribution in [0.4, 0.5) is 5.69 Å². The van der Waals surface area contributed by atoms with Crippen LogP contribution in [0.5, 0.6) is 0 Å². The van der Waals surface area contributed by atoms with Crippen LogP contribution >= 0.6 is 11.3 Å². The molecule has 0 spiro atoms. The highest BCUT2D eigenvalue weighted by Crippen LogP contribution is 2.58. The molecule has 5 atom stereocenters. The first-order valence-electron chi connectivity index (χ1n) is 8.10. The highest BCUT2D eigenvalue weighted by Gasteiger charge is 2.54. The fraction of sp³-hybridized carbons (Fsp3) is 0.688. The van der Waals surface area contributed by atoms with Gasteiger partial charge in [-0.1, -0.05) is 6.42 Å². The van der Waals surface area contributed by atoms with Crippen LogP contribution in [0, 0.1) is 40.7 Å². The number of nitrogens with zero attached hydrogens (tertiary/aromatic N) is 1. The Morgan fingerprint density at radius 3 is 2.82 bits per heavy atom. The molecular formula is C16H20N2O3S. The summed E-state index contributed by atoms with van der Waals surface area (Å²) in [5.74, 6) is 3.01. The van der Waals surface area contributed by atoms with Crippen LogP contribution in [0.15, 0.2) is 6.07 Å². The summed E-state index contributed by atoms with van der Waals surface area (Å²) in [4.78, 5) is 24.0. The number of carbonyl (C=O) groups is 1. The first-order valence-corrected chi connectivity index (χ1v) is 8.92. The Morgan fingerprint density at radius 1 is 1.32 bits per heavy atom. The molecule has 1 aromatic heterocycles. The predicted molar refractivity (Wildman–Crippen MR) is 84.0 cm³/mol. The van der Waals surface area contributed by atoms with E-state index in [1.54, 1.807) is 6.92 Å². The lowest BCUT2D eigenvalue weighted by Crippen LogP contribution is -2.42. The molecule has 3 fully saturated rings. The predicted octanol–water partition coefficient (Wildman–Crippen LogP) is 3.52. The van der Waals surface area contributed by atoms with Gasteiger partial charge in [0.1, 0.15) is 0 Å². The van der Waals surface area contributed by atoms with Gasteiger partial charge >= 0.3 is 0 Å². The summed E-state index contributed by atoms with van der Waals surface area (Å²) in [7, 11) is 0. The van der Waals surface area contributed by atoms with E-state index in [1.165, 1.54) is 43.1 Å². The van der Waals surface area contributed by atoms with Crippen molar-refractivity contribution in [3.8, 4) is 0 Å². The number of thiophene rings is 1. The zero-order chi connectivity index (χ0) is 15.4. The van der Waals surface area contributed by atoms with E-state index in [1.807, 2.05) is 0 Å². The summed E-state index contributed by atoms with van der Waals surface area (Å²) in [5, 5.41) is 14.1. The van der Waals surface area contributed by atoms with Gasteiger partial charge in [-0.3, -0.25) is 14.9 Å². The van der Waals surface area contributed by atoms with Crippen molar-refractivity contribution in [2.45, 2.75) is 45.1 Å². The van der Waals surface area contributed by atoms with Gasteiger partial charge in [0.15, 0.2) is 0 Å². The summed E-state index contributed by atoms with van der Waals surface area (Å²) in [5.41, 5.74) is 0.0546. The second-order valence-electron chi connectivity index (χ2n) is 7.04. The molecule has 0 aromatic carbocycles. The Kier molecular flexibility index (Phi) is 3.25. The number of carbonyl (C=O) groups excluding carboxylic acids is 1. The van der Waals surface area contributed by atoms with Crippen molar-refractivity contribution in [2.75, 3.05) is 0 Å². The fourth-order valence-corrected chi connectivity index (χ4v) is 6.13. The minimum atomic E-state index is -0.413. The van der Waals surface area contributed by atoms with E-state index >= 15 is 0 Å². The van der Waals surface area contributed by atoms with Crippen molar-refractivity contribution in [1.29, 1.82) is 0 Å². The number of fused-ring (bicyclic) bond motifs is 5. The largest absolute Gasteiger partial charge is 0.348 e. The molecule has 0 saturated heterocycles. The molecule has 1 heterocycles. The van der Waals surface area contributed by atoms with Crippen molar-refractivity contribution in [1.82, 2.24) is 5.32 Å². The topological polar surface area (TPSA) is 72.2 Å². The first-order chi connectivity index (χ1) is 10.5. The maximum absolute atomic E-state index is 12.4. The van der Waals surface area contributed by atoms with Gasteiger partial charge in [-0.25, -0.2) is 0 Å². The molecule has 0 aliphatic heterocycles. The quantitative estimate of drug-likeness (QED) is 0.684. The molecule has 1 aromatic rings. The highest BCUT2D eigenvalue weighted by atomic mass is 32.1.